The first kappa shape index (κ1) is 13.7. The first-order valence-electron chi connectivity index (χ1n) is 6.07. The summed E-state index contributed by atoms with van der Waals surface area (Å²) in [5, 5.41) is 8.62. The van der Waals surface area contributed by atoms with Crippen LogP contribution in [0.3, 0.4) is 0 Å². The fourth-order valence-corrected chi connectivity index (χ4v) is 2.20. The van der Waals surface area contributed by atoms with Gasteiger partial charge in [-0.1, -0.05) is 32.0 Å². The van der Waals surface area contributed by atoms with Gasteiger partial charge >= 0.3 is 0 Å². The van der Waals surface area contributed by atoms with Gasteiger partial charge in [-0.25, -0.2) is 0 Å². The van der Waals surface area contributed by atoms with E-state index in [1.165, 1.54) is 0 Å². The summed E-state index contributed by atoms with van der Waals surface area (Å²) in [4.78, 5) is 16.9. The summed E-state index contributed by atoms with van der Waals surface area (Å²) in [5.74, 6) is 0.976. The van der Waals surface area contributed by atoms with Gasteiger partial charge in [-0.15, -0.1) is 11.3 Å². The van der Waals surface area contributed by atoms with Crippen LogP contribution in [0.2, 0.25) is 0 Å². The van der Waals surface area contributed by atoms with E-state index in [2.05, 4.69) is 15.5 Å². The maximum absolute atomic E-state index is 11.7. The highest BCUT2D eigenvalue weighted by molar-refractivity contribution is 7.13. The number of amides is 1. The molecule has 2 aromatic rings. The van der Waals surface area contributed by atoms with Crippen LogP contribution >= 0.6 is 11.3 Å². The van der Waals surface area contributed by atoms with Crippen molar-refractivity contribution in [2.24, 2.45) is 5.41 Å². The van der Waals surface area contributed by atoms with E-state index >= 15 is 0 Å². The van der Waals surface area contributed by atoms with Gasteiger partial charge in [-0.05, 0) is 16.9 Å². The van der Waals surface area contributed by atoms with Crippen molar-refractivity contribution in [3.8, 4) is 10.7 Å². The van der Waals surface area contributed by atoms with Crippen molar-refractivity contribution in [1.29, 1.82) is 0 Å². The zero-order valence-electron chi connectivity index (χ0n) is 11.3. The normalized spacial score (nSPS) is 11.5. The molecule has 0 bridgehead atoms. The van der Waals surface area contributed by atoms with Gasteiger partial charge in [0.1, 0.15) is 0 Å². The Kier molecular flexibility index (Phi) is 3.99. The summed E-state index contributed by atoms with van der Waals surface area (Å²) in [5.41, 5.74) is -0.0267. The number of aromatic nitrogens is 2. The van der Waals surface area contributed by atoms with Crippen molar-refractivity contribution in [2.75, 3.05) is 0 Å². The summed E-state index contributed by atoms with van der Waals surface area (Å²) < 4.78 is 5.10. The molecular weight excluding hydrogens is 262 g/mol. The van der Waals surface area contributed by atoms with Gasteiger partial charge in [0.15, 0.2) is 0 Å². The Morgan fingerprint density at radius 1 is 1.47 bits per heavy atom. The van der Waals surface area contributed by atoms with Crippen LogP contribution in [-0.2, 0) is 11.3 Å². The van der Waals surface area contributed by atoms with Crippen molar-refractivity contribution in [3.05, 3.63) is 23.4 Å². The number of hydrogen-bond donors (Lipinski definition) is 1. The minimum absolute atomic E-state index is 0.0108. The molecule has 5 nitrogen and oxygen atoms in total. The Labute approximate surface area is 116 Å². The van der Waals surface area contributed by atoms with Crippen LogP contribution < -0.4 is 5.32 Å². The Morgan fingerprint density at radius 2 is 2.26 bits per heavy atom. The van der Waals surface area contributed by atoms with E-state index in [0.29, 0.717) is 18.1 Å². The first-order valence-corrected chi connectivity index (χ1v) is 6.95. The molecule has 0 saturated carbocycles. The number of thiophene rings is 1. The summed E-state index contributed by atoms with van der Waals surface area (Å²) in [7, 11) is 0. The molecule has 6 heteroatoms. The van der Waals surface area contributed by atoms with Crippen molar-refractivity contribution < 1.29 is 9.32 Å². The minimum Gasteiger partial charge on any atom is -0.347 e. The van der Waals surface area contributed by atoms with Crippen molar-refractivity contribution in [1.82, 2.24) is 15.5 Å². The van der Waals surface area contributed by atoms with E-state index in [1.54, 1.807) is 11.3 Å². The van der Waals surface area contributed by atoms with Crippen molar-refractivity contribution >= 4 is 17.2 Å². The second kappa shape index (κ2) is 5.52. The van der Waals surface area contributed by atoms with E-state index < -0.39 is 0 Å². The Balaban J connectivity index is 1.89. The highest BCUT2D eigenvalue weighted by atomic mass is 32.1. The van der Waals surface area contributed by atoms with Gasteiger partial charge in [0.05, 0.1) is 11.4 Å². The third-order valence-electron chi connectivity index (χ3n) is 2.34. The number of carbonyl (C=O) groups is 1. The predicted molar refractivity (Wildman–Crippen MR) is 73.5 cm³/mol. The van der Waals surface area contributed by atoms with Crippen LogP contribution in [0.5, 0.6) is 0 Å². The van der Waals surface area contributed by atoms with Crippen molar-refractivity contribution in [2.45, 2.75) is 33.7 Å². The molecule has 102 valence electrons. The zero-order valence-corrected chi connectivity index (χ0v) is 12.1. The van der Waals surface area contributed by atoms with Crippen LogP contribution in [0.15, 0.2) is 22.0 Å². The van der Waals surface area contributed by atoms with Gasteiger partial charge in [0.25, 0.3) is 0 Å². The lowest BCUT2D eigenvalue weighted by Crippen LogP contribution is -2.27. The van der Waals surface area contributed by atoms with Gasteiger partial charge in [0.2, 0.25) is 17.6 Å². The average Bonchev–Trinajstić information content (AvgIpc) is 2.95. The second-order valence-electron chi connectivity index (χ2n) is 5.50. The fraction of sp³-hybridized carbons (Fsp3) is 0.462. The molecule has 1 amide bonds. The molecule has 19 heavy (non-hydrogen) atoms. The van der Waals surface area contributed by atoms with Crippen LogP contribution in [0.4, 0.5) is 0 Å². The molecule has 0 saturated heterocycles. The second-order valence-corrected chi connectivity index (χ2v) is 6.45. The van der Waals surface area contributed by atoms with Crippen LogP contribution in [0, 0.1) is 5.41 Å². The summed E-state index contributed by atoms with van der Waals surface area (Å²) in [6.07, 6.45) is 0.471. The van der Waals surface area contributed by atoms with E-state index in [4.69, 9.17) is 4.52 Å². The molecule has 0 atom stereocenters. The molecule has 0 aromatic carbocycles. The molecule has 0 aliphatic rings. The van der Waals surface area contributed by atoms with E-state index in [-0.39, 0.29) is 17.9 Å². The lowest BCUT2D eigenvalue weighted by molar-refractivity contribution is -0.123. The molecule has 0 spiro atoms. The number of rotatable bonds is 4. The lowest BCUT2D eigenvalue weighted by atomic mass is 9.92. The Morgan fingerprint density at radius 3 is 2.89 bits per heavy atom. The first-order chi connectivity index (χ1) is 8.94. The summed E-state index contributed by atoms with van der Waals surface area (Å²) in [6.45, 7) is 6.34. The lowest BCUT2D eigenvalue weighted by Gasteiger charge is -2.16. The van der Waals surface area contributed by atoms with Gasteiger partial charge < -0.3 is 9.84 Å². The molecule has 0 unspecified atom stereocenters. The van der Waals surface area contributed by atoms with Gasteiger partial charge in [-0.3, -0.25) is 4.79 Å². The molecule has 0 fully saturated rings. The topological polar surface area (TPSA) is 68.0 Å². The molecule has 0 radical (unpaired) electrons. The summed E-state index contributed by atoms with van der Waals surface area (Å²) in [6, 6.07) is 3.86. The molecule has 2 heterocycles. The van der Waals surface area contributed by atoms with E-state index in [9.17, 15) is 4.79 Å². The van der Waals surface area contributed by atoms with E-state index in [0.717, 1.165) is 4.88 Å². The largest absolute Gasteiger partial charge is 0.347 e. The highest BCUT2D eigenvalue weighted by Crippen LogP contribution is 2.21. The quantitative estimate of drug-likeness (QED) is 0.934. The van der Waals surface area contributed by atoms with E-state index in [1.807, 2.05) is 38.3 Å². The third-order valence-corrected chi connectivity index (χ3v) is 3.20. The Bertz CT molecular complexity index is 540. The van der Waals surface area contributed by atoms with Gasteiger partial charge in [0, 0.05) is 6.42 Å². The van der Waals surface area contributed by atoms with Crippen LogP contribution in [-0.4, -0.2) is 16.0 Å². The molecule has 2 aromatic heterocycles. The fourth-order valence-electron chi connectivity index (χ4n) is 1.55. The number of hydrogen-bond acceptors (Lipinski definition) is 5. The smallest absolute Gasteiger partial charge is 0.246 e. The number of carbonyl (C=O) groups excluding carboxylic acids is 1. The average molecular weight is 279 g/mol. The maximum Gasteiger partial charge on any atom is 0.246 e. The number of nitrogens with one attached hydrogen (secondary N) is 1. The Hall–Kier alpha value is -1.69. The maximum atomic E-state index is 11.7. The standard InChI is InChI=1S/C13H17N3O2S/c1-13(2,3)7-10(17)14-8-11-15-12(16-18-11)9-5-4-6-19-9/h4-6H,7-8H2,1-3H3,(H,14,17). The minimum atomic E-state index is -0.0267. The molecule has 1 N–H and O–H groups in total. The zero-order chi connectivity index (χ0) is 13.9. The molecule has 0 aliphatic carbocycles. The van der Waals surface area contributed by atoms with Crippen LogP contribution in [0.1, 0.15) is 33.1 Å². The van der Waals surface area contributed by atoms with Crippen molar-refractivity contribution in [3.63, 3.8) is 0 Å². The third kappa shape index (κ3) is 4.17. The summed E-state index contributed by atoms with van der Waals surface area (Å²) >= 11 is 1.55. The SMILES string of the molecule is CC(C)(C)CC(=O)NCc1nc(-c2cccs2)no1. The molecular formula is C13H17N3O2S. The molecule has 2 rings (SSSR count). The monoisotopic (exact) mass is 279 g/mol. The number of nitrogens with zero attached hydrogens (tertiary/aromatic N) is 2. The molecule has 0 aliphatic heterocycles. The van der Waals surface area contributed by atoms with Gasteiger partial charge in [-0.2, -0.15) is 4.98 Å². The highest BCUT2D eigenvalue weighted by Gasteiger charge is 2.16. The van der Waals surface area contributed by atoms with Crippen LogP contribution in [0.25, 0.3) is 10.7 Å². The predicted octanol–water partition coefficient (Wildman–Crippen LogP) is 2.85.